The monoisotopic (exact) mass is 424 g/mol. The average Bonchev–Trinajstić information content (AvgIpc) is 2.78. The van der Waals surface area contributed by atoms with Gasteiger partial charge in [0.1, 0.15) is 0 Å². The van der Waals surface area contributed by atoms with Gasteiger partial charge in [0.15, 0.2) is 0 Å². The highest BCUT2D eigenvalue weighted by atomic mass is 31.1. The topological polar surface area (TPSA) is 119 Å². The molecule has 4 N–H and O–H groups in total. The zero-order valence-electron chi connectivity index (χ0n) is 16.9. The third kappa shape index (κ3) is 5.10. The van der Waals surface area contributed by atoms with Gasteiger partial charge in [-0.25, -0.2) is 0 Å². The van der Waals surface area contributed by atoms with Crippen molar-refractivity contribution >= 4 is 42.7 Å². The summed E-state index contributed by atoms with van der Waals surface area (Å²) in [6, 6.07) is 11.3. The first-order valence-electron chi connectivity index (χ1n) is 9.75. The Balaban J connectivity index is 0.000000377. The molecule has 8 nitrogen and oxygen atoms in total. The van der Waals surface area contributed by atoms with E-state index in [2.05, 4.69) is 34.9 Å². The number of fused-ring (bicyclic) bond motifs is 2. The van der Waals surface area contributed by atoms with Gasteiger partial charge >= 0.3 is 8.18 Å². The Labute approximate surface area is 176 Å². The van der Waals surface area contributed by atoms with Gasteiger partial charge in [-0.3, -0.25) is 0 Å². The second-order valence-electron chi connectivity index (χ2n) is 6.82. The van der Waals surface area contributed by atoms with Crippen LogP contribution in [0, 0.1) is 0 Å². The summed E-state index contributed by atoms with van der Waals surface area (Å²) in [4.78, 5) is 11.9. The van der Waals surface area contributed by atoms with Gasteiger partial charge in [-0.2, -0.15) is 10.2 Å². The highest BCUT2D eigenvalue weighted by Crippen LogP contribution is 2.36. The number of anilines is 2. The molecule has 2 heterocycles. The predicted molar refractivity (Wildman–Crippen MR) is 119 cm³/mol. The van der Waals surface area contributed by atoms with Crippen molar-refractivity contribution in [1.82, 2.24) is 21.0 Å². The first-order valence-corrected chi connectivity index (χ1v) is 10.9. The van der Waals surface area contributed by atoms with Crippen LogP contribution in [0.2, 0.25) is 0 Å². The Kier molecular flexibility index (Phi) is 7.30. The van der Waals surface area contributed by atoms with Gasteiger partial charge in [-0.15, -0.1) is 4.67 Å². The molecule has 1 aliphatic rings. The van der Waals surface area contributed by atoms with E-state index in [1.807, 2.05) is 24.4 Å². The molecule has 4 rings (SSSR count). The summed E-state index contributed by atoms with van der Waals surface area (Å²) in [5.41, 5.74) is 12.4. The summed E-state index contributed by atoms with van der Waals surface area (Å²) in [6.07, 6.45) is 9.07. The largest absolute Gasteiger partial charge is 0.573 e. The van der Waals surface area contributed by atoms with Crippen molar-refractivity contribution in [2.24, 2.45) is 5.73 Å². The number of nitrogens with one attached hydrogen (secondary N) is 2. The normalized spacial score (nSPS) is 12.4. The van der Waals surface area contributed by atoms with E-state index in [-0.39, 0.29) is 0 Å². The zero-order valence-corrected chi connectivity index (χ0v) is 17.8. The summed E-state index contributed by atoms with van der Waals surface area (Å²) in [7, 11) is -2.85. The minimum Gasteiger partial charge on any atom is -0.573 e. The molecule has 3 aromatic rings. The Hall–Kier alpha value is -3.06. The van der Waals surface area contributed by atoms with E-state index < -0.39 is 8.18 Å². The van der Waals surface area contributed by atoms with Crippen LogP contribution >= 0.6 is 8.18 Å². The van der Waals surface area contributed by atoms with Gasteiger partial charge in [0.2, 0.25) is 0 Å². The molecule has 2 aromatic carbocycles. The lowest BCUT2D eigenvalue weighted by Gasteiger charge is -2.16. The molecule has 0 fully saturated rings. The van der Waals surface area contributed by atoms with Gasteiger partial charge in [0, 0.05) is 39.7 Å². The fraction of sp³-hybridized carbons (Fsp3) is 0.238. The summed E-state index contributed by atoms with van der Waals surface area (Å²) < 4.78 is 13.2. The Morgan fingerprint density at radius 1 is 0.967 bits per heavy atom. The van der Waals surface area contributed by atoms with Crippen molar-refractivity contribution in [3.8, 4) is 0 Å². The molecule has 1 atom stereocenters. The molecular weight excluding hydrogens is 399 g/mol. The summed E-state index contributed by atoms with van der Waals surface area (Å²) in [5, 5.41) is 11.3. The molecule has 0 aliphatic carbocycles. The molecule has 0 spiro atoms. The van der Waals surface area contributed by atoms with Crippen LogP contribution in [-0.4, -0.2) is 16.2 Å². The van der Waals surface area contributed by atoms with Crippen LogP contribution in [0.4, 0.5) is 11.4 Å². The summed E-state index contributed by atoms with van der Waals surface area (Å²) in [5.74, 6) is 0. The molecule has 1 aliphatic heterocycles. The smallest absolute Gasteiger partial charge is 0.445 e. The number of hydrogen-bond acceptors (Lipinski definition) is 7. The number of nitrogens with two attached hydrogens (primary N) is 1. The first kappa shape index (κ1) is 21.6. The maximum Gasteiger partial charge on any atom is 0.445 e. The predicted octanol–water partition coefficient (Wildman–Crippen LogP) is 1.50. The van der Waals surface area contributed by atoms with Gasteiger partial charge in [0.25, 0.3) is 0 Å². The van der Waals surface area contributed by atoms with Crippen LogP contribution in [0.15, 0.2) is 48.8 Å². The number of rotatable bonds is 5. The lowest BCUT2D eigenvalue weighted by atomic mass is 10.1. The van der Waals surface area contributed by atoms with Crippen molar-refractivity contribution in [2.45, 2.75) is 32.7 Å². The van der Waals surface area contributed by atoms with Crippen LogP contribution in [-0.2, 0) is 4.57 Å². The minimum absolute atomic E-state index is 0.435. The molecule has 30 heavy (non-hydrogen) atoms. The third-order valence-electron chi connectivity index (χ3n) is 4.84. The fourth-order valence-corrected chi connectivity index (χ4v) is 3.56. The molecular formula is C21H25N6O2P. The first-order chi connectivity index (χ1) is 14.5. The number of nitrogens with zero attached hydrogens (tertiary/aromatic N) is 3. The second-order valence-corrected chi connectivity index (χ2v) is 7.69. The van der Waals surface area contributed by atoms with E-state index in [1.165, 1.54) is 4.67 Å². The van der Waals surface area contributed by atoms with Crippen LogP contribution in [0.25, 0.3) is 23.2 Å². The Morgan fingerprint density at radius 2 is 1.57 bits per heavy atom. The molecule has 0 saturated heterocycles. The third-order valence-corrected chi connectivity index (χ3v) is 5.63. The number of benzene rings is 2. The van der Waals surface area contributed by atoms with E-state index in [0.29, 0.717) is 17.4 Å². The minimum atomic E-state index is -2.85. The van der Waals surface area contributed by atoms with Crippen molar-refractivity contribution in [3.63, 3.8) is 0 Å². The summed E-state index contributed by atoms with van der Waals surface area (Å²) in [6.45, 7) is 4.21. The molecule has 0 amide bonds. The van der Waals surface area contributed by atoms with Crippen LogP contribution in [0.1, 0.15) is 26.7 Å². The van der Waals surface area contributed by atoms with E-state index in [9.17, 15) is 9.46 Å². The van der Waals surface area contributed by atoms with Gasteiger partial charge in [-0.05, 0) is 41.7 Å². The van der Waals surface area contributed by atoms with Crippen LogP contribution in [0.5, 0.6) is 0 Å². The van der Waals surface area contributed by atoms with Crippen molar-refractivity contribution in [2.75, 3.05) is 4.67 Å². The van der Waals surface area contributed by atoms with Crippen molar-refractivity contribution in [3.05, 3.63) is 59.2 Å². The number of hydrogen-bond donors (Lipinski definition) is 3. The molecule has 1 unspecified atom stereocenters. The Bertz CT molecular complexity index is 1150. The lowest BCUT2D eigenvalue weighted by molar-refractivity contribution is -0.164. The van der Waals surface area contributed by atoms with Gasteiger partial charge < -0.3 is 21.5 Å². The summed E-state index contributed by atoms with van der Waals surface area (Å²) >= 11 is 0. The number of hydrazine groups is 1. The van der Waals surface area contributed by atoms with E-state index in [0.717, 1.165) is 34.1 Å². The van der Waals surface area contributed by atoms with Gasteiger partial charge in [-0.1, -0.05) is 26.0 Å². The average molecular weight is 424 g/mol. The van der Waals surface area contributed by atoms with E-state index >= 15 is 0 Å². The van der Waals surface area contributed by atoms with E-state index in [1.54, 1.807) is 36.8 Å². The van der Waals surface area contributed by atoms with Crippen molar-refractivity contribution in [1.29, 1.82) is 0 Å². The Morgan fingerprint density at radius 3 is 2.20 bits per heavy atom. The molecule has 0 radical (unpaired) electrons. The van der Waals surface area contributed by atoms with Crippen LogP contribution in [0.3, 0.4) is 0 Å². The number of aromatic nitrogens is 2. The second kappa shape index (κ2) is 10.1. The standard InChI is InChI=1S/C16H12N5O2P.C5H13N/c22-24(23)21(15-3-1-11-7-17-19-9-13(11)5-15)16-4-2-12-8-18-20-10-14(12)6-16;1-3-5(6)4-2/h1-10,17,19H;5H,3-4,6H2,1-2H3. The van der Waals surface area contributed by atoms with Crippen molar-refractivity contribution < 1.29 is 9.46 Å². The molecule has 0 saturated carbocycles. The van der Waals surface area contributed by atoms with Gasteiger partial charge in [0.05, 0.1) is 23.8 Å². The lowest BCUT2D eigenvalue weighted by Crippen LogP contribution is -2.39. The van der Waals surface area contributed by atoms with E-state index in [4.69, 9.17) is 5.73 Å². The molecule has 9 heteroatoms. The highest BCUT2D eigenvalue weighted by molar-refractivity contribution is 7.39. The molecule has 156 valence electrons. The highest BCUT2D eigenvalue weighted by Gasteiger charge is 2.22. The SMILES string of the molecule is CCC(N)CC.O=[P+]([O-])N(c1ccc2c(c1)=CNNC=2)c1ccc2cnncc2c1. The quantitative estimate of drug-likeness (QED) is 0.528. The molecule has 0 bridgehead atoms. The maximum absolute atomic E-state index is 11.9. The fourth-order valence-electron chi connectivity index (χ4n) is 2.93. The zero-order chi connectivity index (χ0) is 21.5. The van der Waals surface area contributed by atoms with Crippen LogP contribution < -0.4 is 36.6 Å². The molecule has 1 aromatic heterocycles. The maximum atomic E-state index is 11.9.